The minimum absolute atomic E-state index is 0.107. The SMILES string of the molecule is C=CC(=O)N1CCN(c2nc(OC)nc3c2C(C2(C)CNCCO2)CN(c2cccc4cccc(Cl)c24)C3)C[C@@H]1CC#N. The number of fused-ring (bicyclic) bond motifs is 2. The molecule has 43 heavy (non-hydrogen) atoms. The standard InChI is InChI=1S/C32H36ClN7O3/c1-4-27(41)40-15-14-38(17-22(40)11-12-34)30-29-23(32(2)20-35-13-16-43-32)18-39(19-25(29)36-31(37-30)42-3)26-10-6-8-21-7-5-9-24(33)28(21)26/h4-10,22-23,35H,1,11,13-20H2,2-3H3/t22-,23?,32?/m0/s1. The van der Waals surface area contributed by atoms with Crippen LogP contribution in [-0.2, 0) is 16.1 Å². The number of carbonyl (C=O) groups excluding carboxylic acids is 1. The van der Waals surface area contributed by atoms with Crippen molar-refractivity contribution in [1.29, 1.82) is 5.26 Å². The molecule has 6 rings (SSSR count). The first-order valence-corrected chi connectivity index (χ1v) is 15.0. The predicted octanol–water partition coefficient (Wildman–Crippen LogP) is 3.89. The van der Waals surface area contributed by atoms with Gasteiger partial charge in [-0.05, 0) is 30.5 Å². The molecule has 0 spiro atoms. The van der Waals surface area contributed by atoms with E-state index in [0.29, 0.717) is 50.9 Å². The molecule has 1 amide bonds. The molecule has 11 heteroatoms. The van der Waals surface area contributed by atoms with Crippen LogP contribution in [0.15, 0.2) is 49.1 Å². The van der Waals surface area contributed by atoms with Crippen molar-refractivity contribution in [2.75, 3.05) is 62.8 Å². The number of methoxy groups -OCH3 is 1. The minimum atomic E-state index is -0.542. The topological polar surface area (TPSA) is 107 Å². The number of hydrogen-bond acceptors (Lipinski definition) is 9. The van der Waals surface area contributed by atoms with E-state index in [9.17, 15) is 10.1 Å². The Morgan fingerprint density at radius 2 is 2.07 bits per heavy atom. The Balaban J connectivity index is 1.48. The fourth-order valence-corrected chi connectivity index (χ4v) is 7.05. The van der Waals surface area contributed by atoms with E-state index in [1.54, 1.807) is 12.0 Å². The number of anilines is 2. The molecule has 3 aromatic rings. The zero-order valence-corrected chi connectivity index (χ0v) is 25.3. The van der Waals surface area contributed by atoms with E-state index in [-0.39, 0.29) is 30.3 Å². The van der Waals surface area contributed by atoms with Crippen molar-refractivity contribution in [3.63, 3.8) is 0 Å². The van der Waals surface area contributed by atoms with Crippen LogP contribution in [0.25, 0.3) is 10.8 Å². The number of hydrogen-bond donors (Lipinski definition) is 1. The summed E-state index contributed by atoms with van der Waals surface area (Å²) < 4.78 is 12.2. The molecule has 3 aliphatic rings. The number of benzene rings is 2. The molecule has 1 N–H and O–H groups in total. The van der Waals surface area contributed by atoms with Gasteiger partial charge in [0, 0.05) is 61.8 Å². The summed E-state index contributed by atoms with van der Waals surface area (Å²) in [6, 6.07) is 14.5. The Labute approximate surface area is 256 Å². The maximum Gasteiger partial charge on any atom is 0.318 e. The Kier molecular flexibility index (Phi) is 8.14. The molecule has 3 aliphatic heterocycles. The molecule has 2 unspecified atom stereocenters. The summed E-state index contributed by atoms with van der Waals surface area (Å²) >= 11 is 6.78. The highest BCUT2D eigenvalue weighted by Crippen LogP contribution is 2.46. The zero-order valence-electron chi connectivity index (χ0n) is 24.6. The number of halogens is 1. The molecule has 3 atom stereocenters. The zero-order chi connectivity index (χ0) is 30.1. The number of morpholine rings is 1. The third-order valence-corrected chi connectivity index (χ3v) is 9.24. The Morgan fingerprint density at radius 1 is 1.26 bits per heavy atom. The number of aromatic nitrogens is 2. The fourth-order valence-electron chi connectivity index (χ4n) is 6.77. The monoisotopic (exact) mass is 601 g/mol. The molecule has 2 saturated heterocycles. The lowest BCUT2D eigenvalue weighted by Crippen LogP contribution is -2.57. The summed E-state index contributed by atoms with van der Waals surface area (Å²) in [7, 11) is 1.57. The summed E-state index contributed by atoms with van der Waals surface area (Å²) in [6.45, 7) is 10.5. The number of nitrogens with zero attached hydrogens (tertiary/aromatic N) is 6. The molecule has 10 nitrogen and oxygen atoms in total. The molecular formula is C32H36ClN7O3. The van der Waals surface area contributed by atoms with Gasteiger partial charge < -0.3 is 29.5 Å². The molecule has 1 aromatic heterocycles. The number of ether oxygens (including phenoxy) is 2. The number of rotatable bonds is 6. The van der Waals surface area contributed by atoms with Crippen molar-refractivity contribution in [3.8, 4) is 12.1 Å². The second-order valence-electron chi connectivity index (χ2n) is 11.5. The maximum atomic E-state index is 12.6. The second-order valence-corrected chi connectivity index (χ2v) is 11.9. The Bertz CT molecular complexity index is 1580. The first kappa shape index (κ1) is 29.2. The first-order valence-electron chi connectivity index (χ1n) is 14.6. The summed E-state index contributed by atoms with van der Waals surface area (Å²) in [5.41, 5.74) is 2.38. The van der Waals surface area contributed by atoms with E-state index in [1.165, 1.54) is 6.08 Å². The average molecular weight is 602 g/mol. The number of nitriles is 1. The van der Waals surface area contributed by atoms with Crippen LogP contribution >= 0.6 is 11.6 Å². The number of piperazine rings is 1. The minimum Gasteiger partial charge on any atom is -0.467 e. The molecule has 0 saturated carbocycles. The van der Waals surface area contributed by atoms with Crippen molar-refractivity contribution in [3.05, 3.63) is 65.3 Å². The van der Waals surface area contributed by atoms with E-state index < -0.39 is 5.60 Å². The van der Waals surface area contributed by atoms with Crippen LogP contribution in [0.5, 0.6) is 6.01 Å². The van der Waals surface area contributed by atoms with Gasteiger partial charge in [0.05, 0.1) is 55.1 Å². The van der Waals surface area contributed by atoms with E-state index in [1.807, 2.05) is 12.1 Å². The third-order valence-electron chi connectivity index (χ3n) is 8.92. The Morgan fingerprint density at radius 3 is 2.79 bits per heavy atom. The third kappa shape index (κ3) is 5.37. The summed E-state index contributed by atoms with van der Waals surface area (Å²) in [5.74, 6) is 0.495. The van der Waals surface area contributed by atoms with Gasteiger partial charge in [-0.1, -0.05) is 42.4 Å². The van der Waals surface area contributed by atoms with Crippen LogP contribution < -0.4 is 19.9 Å². The van der Waals surface area contributed by atoms with Crippen molar-refractivity contribution >= 4 is 39.8 Å². The van der Waals surface area contributed by atoms with Gasteiger partial charge in [0.1, 0.15) is 5.82 Å². The lowest BCUT2D eigenvalue weighted by atomic mass is 9.78. The van der Waals surface area contributed by atoms with Crippen LogP contribution in [0.3, 0.4) is 0 Å². The average Bonchev–Trinajstić information content (AvgIpc) is 3.03. The second kappa shape index (κ2) is 12.0. The van der Waals surface area contributed by atoms with Gasteiger partial charge >= 0.3 is 6.01 Å². The molecule has 0 aliphatic carbocycles. The molecule has 0 radical (unpaired) electrons. The largest absolute Gasteiger partial charge is 0.467 e. The van der Waals surface area contributed by atoms with E-state index in [0.717, 1.165) is 40.1 Å². The normalized spacial score (nSPS) is 23.9. The number of nitrogens with one attached hydrogen (secondary N) is 1. The molecule has 2 aromatic carbocycles. The molecule has 2 fully saturated rings. The van der Waals surface area contributed by atoms with E-state index >= 15 is 0 Å². The molecular weight excluding hydrogens is 566 g/mol. The van der Waals surface area contributed by atoms with E-state index in [2.05, 4.69) is 59.0 Å². The quantitative estimate of drug-likeness (QED) is 0.421. The van der Waals surface area contributed by atoms with Crippen LogP contribution in [0.1, 0.15) is 30.5 Å². The number of amides is 1. The van der Waals surface area contributed by atoms with Crippen molar-refractivity contribution in [2.24, 2.45) is 0 Å². The highest BCUT2D eigenvalue weighted by Gasteiger charge is 2.46. The maximum absolute atomic E-state index is 12.6. The van der Waals surface area contributed by atoms with Gasteiger partial charge in [-0.25, -0.2) is 0 Å². The first-order chi connectivity index (χ1) is 20.9. The van der Waals surface area contributed by atoms with Crippen molar-refractivity contribution in [2.45, 2.75) is 37.5 Å². The summed E-state index contributed by atoms with van der Waals surface area (Å²) in [6.07, 6.45) is 1.53. The van der Waals surface area contributed by atoms with Gasteiger partial charge in [-0.3, -0.25) is 4.79 Å². The lowest BCUT2D eigenvalue weighted by Gasteiger charge is -2.48. The summed E-state index contributed by atoms with van der Waals surface area (Å²) in [5, 5.41) is 15.9. The Hall–Kier alpha value is -3.91. The molecule has 224 valence electrons. The van der Waals surface area contributed by atoms with Crippen molar-refractivity contribution in [1.82, 2.24) is 20.2 Å². The van der Waals surface area contributed by atoms with Gasteiger partial charge in [0.15, 0.2) is 0 Å². The summed E-state index contributed by atoms with van der Waals surface area (Å²) in [4.78, 5) is 28.7. The highest BCUT2D eigenvalue weighted by molar-refractivity contribution is 6.36. The smallest absolute Gasteiger partial charge is 0.318 e. The lowest BCUT2D eigenvalue weighted by molar-refractivity contribution is -0.128. The molecule has 0 bridgehead atoms. The van der Waals surface area contributed by atoms with Gasteiger partial charge in [0.25, 0.3) is 0 Å². The van der Waals surface area contributed by atoms with Crippen molar-refractivity contribution < 1.29 is 14.3 Å². The van der Waals surface area contributed by atoms with E-state index in [4.69, 9.17) is 31.0 Å². The van der Waals surface area contributed by atoms with Gasteiger partial charge in [0.2, 0.25) is 5.91 Å². The van der Waals surface area contributed by atoms with Gasteiger partial charge in [-0.15, -0.1) is 0 Å². The van der Waals surface area contributed by atoms with Gasteiger partial charge in [-0.2, -0.15) is 15.2 Å². The van der Waals surface area contributed by atoms with Crippen LogP contribution in [0, 0.1) is 11.3 Å². The fraction of sp³-hybridized carbons (Fsp3) is 0.438. The predicted molar refractivity (Wildman–Crippen MR) is 167 cm³/mol. The number of carbonyl (C=O) groups is 1. The molecule has 4 heterocycles. The highest BCUT2D eigenvalue weighted by atomic mass is 35.5. The van der Waals surface area contributed by atoms with Crippen LogP contribution in [0.2, 0.25) is 5.02 Å². The van der Waals surface area contributed by atoms with Crippen LogP contribution in [-0.4, -0.2) is 85.4 Å². The van der Waals surface area contributed by atoms with Crippen LogP contribution in [0.4, 0.5) is 11.5 Å².